The van der Waals surface area contributed by atoms with Crippen LogP contribution in [0.5, 0.6) is 0 Å². The van der Waals surface area contributed by atoms with E-state index in [9.17, 15) is 9.59 Å². The summed E-state index contributed by atoms with van der Waals surface area (Å²) in [5, 5.41) is 7.32. The number of rotatable bonds is 1. The topological polar surface area (TPSA) is 96.2 Å². The number of carbonyl (C=O) groups excluding carboxylic acids is 2. The Morgan fingerprint density at radius 1 is 1.04 bits per heavy atom. The molecule has 0 aromatic carbocycles. The molecule has 152 valence electrons. The summed E-state index contributed by atoms with van der Waals surface area (Å²) in [6.45, 7) is 9.91. The van der Waals surface area contributed by atoms with E-state index in [1.54, 1.807) is 12.3 Å². The Hall–Kier alpha value is -3.27. The van der Waals surface area contributed by atoms with Gasteiger partial charge in [0, 0.05) is 52.5 Å². The van der Waals surface area contributed by atoms with Crippen molar-refractivity contribution in [1.82, 2.24) is 9.97 Å². The maximum Gasteiger partial charge on any atom is 0.310 e. The summed E-state index contributed by atoms with van der Waals surface area (Å²) >= 11 is 0. The zero-order chi connectivity index (χ0) is 22.1. The molecule has 0 aliphatic heterocycles. The number of nitrogens with zero attached hydrogens (tertiary/aromatic N) is 4. The average molecular weight is 386 g/mol. The molecular weight excluding hydrogens is 356 g/mol. The molecule has 0 N–H and O–H groups in total. The summed E-state index contributed by atoms with van der Waals surface area (Å²) < 4.78 is 3.97. The van der Waals surface area contributed by atoms with Crippen LogP contribution in [0.2, 0.25) is 0 Å². The number of carbonyl (C=O) groups is 2. The number of aryl methyl sites for hydroxylation is 3. The van der Waals surface area contributed by atoms with Crippen molar-refractivity contribution in [3.8, 4) is 6.07 Å². The molecule has 0 radical (unpaired) electrons. The lowest BCUT2D eigenvalue weighted by molar-refractivity contribution is -0.156. The molecule has 0 unspecified atom stereocenters. The van der Waals surface area contributed by atoms with Gasteiger partial charge in [-0.25, -0.2) is 4.98 Å². The summed E-state index contributed by atoms with van der Waals surface area (Å²) in [7, 11) is 3.95. The van der Waals surface area contributed by atoms with E-state index in [0.717, 1.165) is 17.2 Å². The van der Waals surface area contributed by atoms with E-state index in [1.165, 1.54) is 26.3 Å². The van der Waals surface area contributed by atoms with E-state index in [2.05, 4.69) is 33.8 Å². The Labute approximate surface area is 168 Å². The van der Waals surface area contributed by atoms with E-state index < -0.39 is 11.9 Å². The highest BCUT2D eigenvalue weighted by molar-refractivity contribution is 5.82. The van der Waals surface area contributed by atoms with Gasteiger partial charge in [-0.1, -0.05) is 6.07 Å². The molecule has 0 atom stereocenters. The minimum absolute atomic E-state index is 0.562. The molecule has 7 nitrogen and oxygen atoms in total. The summed E-state index contributed by atoms with van der Waals surface area (Å²) in [4.78, 5) is 29.9. The standard InChI is InChI=1S/C8H11N.C7H10N2.C4H6O3.C2H3N/c1-6-4-7(2)9-8(3)5-6;1-9(2)7-5-3-4-6-8-7;1-3(5)7-4(2)6;1-2-3/h4-5H,1-3H3;3-6H,1-2H3;1-2H3;1H3. The lowest BCUT2D eigenvalue weighted by atomic mass is 10.2. The van der Waals surface area contributed by atoms with Crippen LogP contribution in [0.15, 0.2) is 36.5 Å². The van der Waals surface area contributed by atoms with Gasteiger partial charge >= 0.3 is 11.9 Å². The van der Waals surface area contributed by atoms with E-state index >= 15 is 0 Å². The predicted molar refractivity (Wildman–Crippen MR) is 111 cm³/mol. The number of nitriles is 1. The van der Waals surface area contributed by atoms with Gasteiger partial charge in [-0.05, 0) is 50.6 Å². The number of anilines is 1. The van der Waals surface area contributed by atoms with Gasteiger partial charge in [-0.15, -0.1) is 0 Å². The number of ether oxygens (including phenoxy) is 1. The largest absolute Gasteiger partial charge is 0.394 e. The predicted octanol–water partition coefficient (Wildman–Crippen LogP) is 3.78. The second-order valence-electron chi connectivity index (χ2n) is 5.82. The molecule has 0 aliphatic rings. The zero-order valence-corrected chi connectivity index (χ0v) is 18.0. The summed E-state index contributed by atoms with van der Waals surface area (Å²) in [5.74, 6) is -0.127. The molecule has 0 bridgehead atoms. The zero-order valence-electron chi connectivity index (χ0n) is 18.0. The van der Waals surface area contributed by atoms with Gasteiger partial charge < -0.3 is 9.64 Å². The molecule has 0 saturated heterocycles. The van der Waals surface area contributed by atoms with Gasteiger partial charge in [-0.2, -0.15) is 5.26 Å². The van der Waals surface area contributed by atoms with Gasteiger partial charge in [0.05, 0.1) is 6.07 Å². The van der Waals surface area contributed by atoms with Crippen molar-refractivity contribution < 1.29 is 14.3 Å². The van der Waals surface area contributed by atoms with Crippen LogP contribution in [0, 0.1) is 32.1 Å². The average Bonchev–Trinajstić information content (AvgIpc) is 2.55. The van der Waals surface area contributed by atoms with Crippen molar-refractivity contribution in [2.75, 3.05) is 19.0 Å². The molecule has 2 aromatic heterocycles. The highest BCUT2D eigenvalue weighted by Crippen LogP contribution is 2.02. The van der Waals surface area contributed by atoms with Crippen LogP contribution >= 0.6 is 0 Å². The third kappa shape index (κ3) is 17.5. The lowest BCUT2D eigenvalue weighted by Crippen LogP contribution is -2.09. The maximum absolute atomic E-state index is 9.81. The van der Waals surface area contributed by atoms with E-state index in [-0.39, 0.29) is 0 Å². The number of pyridine rings is 2. The van der Waals surface area contributed by atoms with Crippen LogP contribution in [-0.4, -0.2) is 36.0 Å². The van der Waals surface area contributed by atoms with Crippen LogP contribution in [0.25, 0.3) is 0 Å². The van der Waals surface area contributed by atoms with Crippen molar-refractivity contribution in [3.63, 3.8) is 0 Å². The molecule has 2 heterocycles. The fourth-order valence-corrected chi connectivity index (χ4v) is 1.86. The number of aromatic nitrogens is 2. The molecule has 0 spiro atoms. The van der Waals surface area contributed by atoms with Crippen LogP contribution in [-0.2, 0) is 14.3 Å². The van der Waals surface area contributed by atoms with Crippen LogP contribution < -0.4 is 4.90 Å². The van der Waals surface area contributed by atoms with Gasteiger partial charge in [0.2, 0.25) is 0 Å². The van der Waals surface area contributed by atoms with Crippen molar-refractivity contribution in [2.45, 2.75) is 41.5 Å². The third-order valence-electron chi connectivity index (χ3n) is 2.62. The molecule has 0 fully saturated rings. The number of hydrogen-bond acceptors (Lipinski definition) is 7. The number of esters is 2. The second kappa shape index (κ2) is 15.9. The summed E-state index contributed by atoms with van der Waals surface area (Å²) in [6.07, 6.45) is 1.79. The summed E-state index contributed by atoms with van der Waals surface area (Å²) in [5.41, 5.74) is 3.50. The Morgan fingerprint density at radius 3 is 1.71 bits per heavy atom. The Kier molecular flexibility index (Phi) is 15.3. The molecule has 0 amide bonds. The van der Waals surface area contributed by atoms with E-state index in [4.69, 9.17) is 5.26 Å². The highest BCUT2D eigenvalue weighted by Gasteiger charge is 1.93. The van der Waals surface area contributed by atoms with E-state index in [0.29, 0.717) is 0 Å². The van der Waals surface area contributed by atoms with Crippen molar-refractivity contribution in [3.05, 3.63) is 53.5 Å². The SMILES string of the molecule is CC#N.CC(=O)OC(C)=O.CN(C)c1ccccn1.Cc1cc(C)nc(C)c1. The van der Waals surface area contributed by atoms with Gasteiger partial charge in [0.25, 0.3) is 0 Å². The minimum Gasteiger partial charge on any atom is -0.394 e. The van der Waals surface area contributed by atoms with Crippen LogP contribution in [0.4, 0.5) is 5.82 Å². The normalized spacial score (nSPS) is 8.25. The van der Waals surface area contributed by atoms with Gasteiger partial charge in [-0.3, -0.25) is 14.6 Å². The third-order valence-corrected chi connectivity index (χ3v) is 2.62. The van der Waals surface area contributed by atoms with Crippen molar-refractivity contribution in [1.29, 1.82) is 5.26 Å². The lowest BCUT2D eigenvalue weighted by Gasteiger charge is -2.08. The first-order valence-corrected chi connectivity index (χ1v) is 8.53. The Bertz CT molecular complexity index is 692. The smallest absolute Gasteiger partial charge is 0.310 e. The molecule has 2 aromatic rings. The first-order chi connectivity index (χ1) is 13.0. The molecule has 7 heteroatoms. The molecule has 0 aliphatic carbocycles. The first kappa shape index (κ1) is 27.0. The molecular formula is C21H30N4O3. The Balaban J connectivity index is 0. The quantitative estimate of drug-likeness (QED) is 0.543. The van der Waals surface area contributed by atoms with Gasteiger partial charge in [0.15, 0.2) is 0 Å². The molecule has 28 heavy (non-hydrogen) atoms. The van der Waals surface area contributed by atoms with E-state index in [1.807, 2.05) is 51.0 Å². The monoisotopic (exact) mass is 386 g/mol. The highest BCUT2D eigenvalue weighted by atomic mass is 16.6. The fraction of sp³-hybridized carbons (Fsp3) is 0.381. The van der Waals surface area contributed by atoms with Crippen molar-refractivity contribution >= 4 is 17.8 Å². The summed E-state index contributed by atoms with van der Waals surface area (Å²) in [6, 6.07) is 11.8. The number of hydrogen-bond donors (Lipinski definition) is 0. The minimum atomic E-state index is -0.562. The van der Waals surface area contributed by atoms with Crippen molar-refractivity contribution in [2.24, 2.45) is 0 Å². The van der Waals surface area contributed by atoms with Gasteiger partial charge in [0.1, 0.15) is 5.82 Å². The van der Waals surface area contributed by atoms with Crippen LogP contribution in [0.1, 0.15) is 37.7 Å². The second-order valence-corrected chi connectivity index (χ2v) is 5.82. The Morgan fingerprint density at radius 2 is 1.50 bits per heavy atom. The van der Waals surface area contributed by atoms with Crippen LogP contribution in [0.3, 0.4) is 0 Å². The first-order valence-electron chi connectivity index (χ1n) is 8.53. The molecule has 0 saturated carbocycles. The maximum atomic E-state index is 9.81. The fourth-order valence-electron chi connectivity index (χ4n) is 1.86. The molecule has 2 rings (SSSR count).